The Kier molecular flexibility index (Phi) is 5.99. The highest BCUT2D eigenvalue weighted by Crippen LogP contribution is 2.08. The maximum atomic E-state index is 12.9. The summed E-state index contributed by atoms with van der Waals surface area (Å²) in [5, 5.41) is 17.5. The Bertz CT molecular complexity index is 281. The molecule has 1 aromatic carbocycles. The molecule has 0 aromatic heterocycles. The summed E-state index contributed by atoms with van der Waals surface area (Å²) in [5.41, 5.74) is -0.236. The fraction of sp³-hybridized carbons (Fsp3) is 0.250. The van der Waals surface area contributed by atoms with Gasteiger partial charge in [-0.2, -0.15) is 0 Å². The van der Waals surface area contributed by atoms with Crippen molar-refractivity contribution in [3.05, 3.63) is 24.0 Å². The molecule has 0 fully saturated rings. The van der Waals surface area contributed by atoms with Crippen molar-refractivity contribution in [2.45, 2.75) is 6.82 Å². The van der Waals surface area contributed by atoms with E-state index in [1.807, 2.05) is 0 Å². The maximum Gasteiger partial charge on any atom is 0.495 e. The molecule has 0 saturated heterocycles. The van der Waals surface area contributed by atoms with Gasteiger partial charge in [-0.05, 0) is 12.1 Å². The Hall–Kier alpha value is -1.00. The Morgan fingerprint density at radius 1 is 1.36 bits per heavy atom. The fourth-order valence-electron chi connectivity index (χ4n) is 0.946. The lowest BCUT2D eigenvalue weighted by atomic mass is 9.79. The molecule has 0 aliphatic heterocycles. The molecule has 14 heavy (non-hydrogen) atoms. The van der Waals surface area contributed by atoms with Gasteiger partial charge in [0.25, 0.3) is 0 Å². The molecule has 2 radical (unpaired) electrons. The molecular formula is C8H11B2FO3. The summed E-state index contributed by atoms with van der Waals surface area (Å²) < 4.78 is 17.6. The number of halogens is 1. The van der Waals surface area contributed by atoms with Gasteiger partial charge in [0.15, 0.2) is 0 Å². The summed E-state index contributed by atoms with van der Waals surface area (Å²) in [7, 11) is 3.99. The lowest BCUT2D eigenvalue weighted by molar-refractivity contribution is 0.399. The molecule has 6 heteroatoms. The second kappa shape index (κ2) is 6.45. The average Bonchev–Trinajstić information content (AvgIpc) is 2.19. The third-order valence-corrected chi connectivity index (χ3v) is 1.49. The van der Waals surface area contributed by atoms with Gasteiger partial charge in [0, 0.05) is 0 Å². The molecule has 74 valence electrons. The summed E-state index contributed by atoms with van der Waals surface area (Å²) in [5.74, 6) is -0.561. The topological polar surface area (TPSA) is 49.7 Å². The minimum atomic E-state index is -1.85. The van der Waals surface area contributed by atoms with E-state index in [1.165, 1.54) is 26.1 Å². The normalized spacial score (nSPS) is 8.64. The van der Waals surface area contributed by atoms with Gasteiger partial charge in [-0.1, -0.05) is 12.9 Å². The number of ether oxygens (including phenoxy) is 1. The molecule has 1 rings (SSSR count). The van der Waals surface area contributed by atoms with E-state index in [-0.39, 0.29) is 11.2 Å². The number of methoxy groups -OCH3 is 1. The van der Waals surface area contributed by atoms with E-state index in [0.717, 1.165) is 6.07 Å². The highest BCUT2D eigenvalue weighted by Gasteiger charge is 2.21. The number of hydrogen-bond donors (Lipinski definition) is 2. The summed E-state index contributed by atoms with van der Waals surface area (Å²) in [4.78, 5) is 0. The van der Waals surface area contributed by atoms with Gasteiger partial charge in [-0.25, -0.2) is 4.39 Å². The molecule has 1 aromatic rings. The Morgan fingerprint density at radius 2 is 1.93 bits per heavy atom. The largest absolute Gasteiger partial charge is 0.497 e. The monoisotopic (exact) mass is 196 g/mol. The van der Waals surface area contributed by atoms with Crippen LogP contribution in [0.2, 0.25) is 6.82 Å². The molecule has 0 unspecified atom stereocenters. The molecular weight excluding hydrogens is 185 g/mol. The van der Waals surface area contributed by atoms with Crippen LogP contribution >= 0.6 is 0 Å². The lowest BCUT2D eigenvalue weighted by Crippen LogP contribution is -2.33. The van der Waals surface area contributed by atoms with Crippen LogP contribution in [0, 0.1) is 5.82 Å². The Labute approximate surface area is 84.1 Å². The number of benzene rings is 1. The Morgan fingerprint density at radius 3 is 2.29 bits per heavy atom. The van der Waals surface area contributed by atoms with Gasteiger partial charge in [0.05, 0.1) is 20.4 Å². The third kappa shape index (κ3) is 3.05. The van der Waals surface area contributed by atoms with Gasteiger partial charge in [-0.15, -0.1) is 0 Å². The van der Waals surface area contributed by atoms with Crippen molar-refractivity contribution in [1.82, 2.24) is 0 Å². The summed E-state index contributed by atoms with van der Waals surface area (Å²) >= 11 is 0. The van der Waals surface area contributed by atoms with E-state index < -0.39 is 12.9 Å². The van der Waals surface area contributed by atoms with Gasteiger partial charge < -0.3 is 14.8 Å². The van der Waals surface area contributed by atoms with Crippen molar-refractivity contribution in [1.29, 1.82) is 0 Å². The summed E-state index contributed by atoms with van der Waals surface area (Å²) in [6, 6.07) is 4.02. The van der Waals surface area contributed by atoms with E-state index in [2.05, 4.69) is 7.85 Å². The smallest absolute Gasteiger partial charge is 0.495 e. The highest BCUT2D eigenvalue weighted by molar-refractivity contribution is 6.59. The second-order valence-corrected chi connectivity index (χ2v) is 2.23. The summed E-state index contributed by atoms with van der Waals surface area (Å²) in [6.07, 6.45) is 0. The highest BCUT2D eigenvalue weighted by atomic mass is 19.1. The first-order valence-corrected chi connectivity index (χ1v) is 3.93. The van der Waals surface area contributed by atoms with E-state index in [9.17, 15) is 4.39 Å². The van der Waals surface area contributed by atoms with Crippen LogP contribution in [0.4, 0.5) is 4.39 Å². The zero-order valence-electron chi connectivity index (χ0n) is 8.07. The predicted molar refractivity (Wildman–Crippen MR) is 54.4 cm³/mol. The first-order chi connectivity index (χ1) is 6.66. The van der Waals surface area contributed by atoms with E-state index in [4.69, 9.17) is 14.8 Å². The first kappa shape index (κ1) is 13.0. The van der Waals surface area contributed by atoms with Gasteiger partial charge in [-0.3, -0.25) is 0 Å². The van der Waals surface area contributed by atoms with Crippen LogP contribution in [0.1, 0.15) is 0 Å². The van der Waals surface area contributed by atoms with Crippen molar-refractivity contribution in [3.63, 3.8) is 0 Å². The van der Waals surface area contributed by atoms with Crippen molar-refractivity contribution >= 4 is 20.4 Å². The molecule has 0 amide bonds. The van der Waals surface area contributed by atoms with Gasteiger partial charge in [0.2, 0.25) is 0 Å². The van der Waals surface area contributed by atoms with E-state index in [1.54, 1.807) is 0 Å². The Balaban J connectivity index is 0.000000791. The van der Waals surface area contributed by atoms with Crippen LogP contribution in [0.5, 0.6) is 5.75 Å². The minimum absolute atomic E-state index is 0.130. The predicted octanol–water partition coefficient (Wildman–Crippen LogP) is -0.283. The quantitative estimate of drug-likeness (QED) is 0.639. The van der Waals surface area contributed by atoms with Crippen molar-refractivity contribution in [2.75, 3.05) is 7.11 Å². The van der Waals surface area contributed by atoms with Crippen molar-refractivity contribution in [3.8, 4) is 5.75 Å². The molecule has 0 aliphatic carbocycles. The van der Waals surface area contributed by atoms with E-state index in [0.29, 0.717) is 0 Å². The van der Waals surface area contributed by atoms with Crippen LogP contribution < -0.4 is 10.2 Å². The van der Waals surface area contributed by atoms with Crippen LogP contribution in [0.15, 0.2) is 18.2 Å². The maximum absolute atomic E-state index is 12.9. The van der Waals surface area contributed by atoms with Crippen LogP contribution in [0.3, 0.4) is 0 Å². The SMILES string of the molecule is COc1cccc(F)c1B(O)O.[B]C. The molecule has 0 heterocycles. The number of hydrogen-bond acceptors (Lipinski definition) is 3. The standard InChI is InChI=1S/C7H8BFO3.CH3B/c1-12-6-4-2-3-5(9)7(6)8(10)11;1-2/h2-4,10-11H,1H3;1H3. The first-order valence-electron chi connectivity index (χ1n) is 3.93. The molecule has 0 bridgehead atoms. The zero-order chi connectivity index (χ0) is 11.1. The van der Waals surface area contributed by atoms with Crippen LogP contribution in [0.25, 0.3) is 0 Å². The molecule has 3 nitrogen and oxygen atoms in total. The number of rotatable bonds is 2. The van der Waals surface area contributed by atoms with Crippen molar-refractivity contribution < 1.29 is 19.2 Å². The van der Waals surface area contributed by atoms with Crippen LogP contribution in [-0.4, -0.2) is 32.1 Å². The third-order valence-electron chi connectivity index (χ3n) is 1.49. The van der Waals surface area contributed by atoms with Gasteiger partial charge >= 0.3 is 7.12 Å². The zero-order valence-corrected chi connectivity index (χ0v) is 8.07. The molecule has 0 aliphatic rings. The average molecular weight is 196 g/mol. The molecule has 0 atom stereocenters. The minimum Gasteiger partial charge on any atom is -0.497 e. The second-order valence-electron chi connectivity index (χ2n) is 2.23. The lowest BCUT2D eigenvalue weighted by Gasteiger charge is -2.07. The molecule has 2 N–H and O–H groups in total. The van der Waals surface area contributed by atoms with E-state index >= 15 is 0 Å². The summed E-state index contributed by atoms with van der Waals surface area (Å²) in [6.45, 7) is 1.50. The van der Waals surface area contributed by atoms with Gasteiger partial charge in [0.1, 0.15) is 11.6 Å². The van der Waals surface area contributed by atoms with Crippen LogP contribution in [-0.2, 0) is 0 Å². The molecule has 0 saturated carbocycles. The fourth-order valence-corrected chi connectivity index (χ4v) is 0.946. The molecule has 0 spiro atoms. The van der Waals surface area contributed by atoms with Crippen molar-refractivity contribution in [2.24, 2.45) is 0 Å².